The Bertz CT molecular complexity index is 667. The van der Waals surface area contributed by atoms with Gasteiger partial charge in [-0.2, -0.15) is 0 Å². The lowest BCUT2D eigenvalue weighted by atomic mass is 10.0. The molecule has 0 spiro atoms. The fraction of sp³-hybridized carbons (Fsp3) is 0.0667. The van der Waals surface area contributed by atoms with Gasteiger partial charge in [-0.25, -0.2) is 0 Å². The predicted octanol–water partition coefficient (Wildman–Crippen LogP) is 3.78. The first-order valence-corrected chi connectivity index (χ1v) is 6.31. The van der Waals surface area contributed by atoms with Gasteiger partial charge < -0.3 is 5.32 Å². The summed E-state index contributed by atoms with van der Waals surface area (Å²) in [5, 5.41) is 3.47. The second kappa shape index (κ2) is 4.86. The molecule has 19 heavy (non-hydrogen) atoms. The van der Waals surface area contributed by atoms with Gasteiger partial charge in [0.15, 0.2) is 0 Å². The van der Waals surface area contributed by atoms with E-state index in [9.17, 15) is 4.79 Å². The molecule has 2 aromatic rings. The molecule has 3 rings (SSSR count). The molecule has 0 aromatic heterocycles. The standard InChI is InChI=1S/C15H11ClN2O/c16-10-4-3-5-11(8-10)17-9-13-12-6-1-2-7-14(12)18-15(13)19/h1-9,13H,(H,18,19). The van der Waals surface area contributed by atoms with Gasteiger partial charge in [0, 0.05) is 16.9 Å². The summed E-state index contributed by atoms with van der Waals surface area (Å²) in [6.45, 7) is 0. The molecule has 1 heterocycles. The Kier molecular flexibility index (Phi) is 3.05. The van der Waals surface area contributed by atoms with E-state index in [1.165, 1.54) is 0 Å². The zero-order valence-corrected chi connectivity index (χ0v) is 10.8. The molecule has 0 radical (unpaired) electrons. The van der Waals surface area contributed by atoms with E-state index in [1.807, 2.05) is 36.4 Å². The number of hydrogen-bond donors (Lipinski definition) is 1. The fourth-order valence-electron chi connectivity index (χ4n) is 2.10. The first kappa shape index (κ1) is 11.9. The third-order valence-electron chi connectivity index (χ3n) is 3.02. The third kappa shape index (κ3) is 2.37. The average molecular weight is 271 g/mol. The topological polar surface area (TPSA) is 41.5 Å². The number of nitrogens with one attached hydrogen (secondary N) is 1. The quantitative estimate of drug-likeness (QED) is 0.829. The van der Waals surface area contributed by atoms with Crippen LogP contribution >= 0.6 is 11.6 Å². The Labute approximate surface area is 115 Å². The van der Waals surface area contributed by atoms with Gasteiger partial charge >= 0.3 is 0 Å². The molecular weight excluding hydrogens is 260 g/mol. The first-order chi connectivity index (χ1) is 9.24. The van der Waals surface area contributed by atoms with Gasteiger partial charge in [0.25, 0.3) is 0 Å². The summed E-state index contributed by atoms with van der Waals surface area (Å²) >= 11 is 5.90. The normalized spacial score (nSPS) is 17.5. The molecule has 0 fully saturated rings. The smallest absolute Gasteiger partial charge is 0.237 e. The van der Waals surface area contributed by atoms with Crippen LogP contribution in [0.4, 0.5) is 11.4 Å². The van der Waals surface area contributed by atoms with E-state index in [4.69, 9.17) is 11.6 Å². The van der Waals surface area contributed by atoms with Gasteiger partial charge in [0.05, 0.1) is 5.69 Å². The molecule has 4 heteroatoms. The van der Waals surface area contributed by atoms with Crippen molar-refractivity contribution in [2.75, 3.05) is 5.32 Å². The minimum Gasteiger partial charge on any atom is -0.325 e. The van der Waals surface area contributed by atoms with Crippen LogP contribution in [0.5, 0.6) is 0 Å². The third-order valence-corrected chi connectivity index (χ3v) is 3.25. The Balaban J connectivity index is 1.90. The first-order valence-electron chi connectivity index (χ1n) is 5.93. The van der Waals surface area contributed by atoms with Crippen LogP contribution < -0.4 is 5.32 Å². The SMILES string of the molecule is O=C1Nc2ccccc2C1C=Nc1cccc(Cl)c1. The number of para-hydroxylation sites is 1. The summed E-state index contributed by atoms with van der Waals surface area (Å²) in [5.41, 5.74) is 2.55. The van der Waals surface area contributed by atoms with Gasteiger partial charge in [-0.15, -0.1) is 0 Å². The molecule has 1 atom stereocenters. The lowest BCUT2D eigenvalue weighted by molar-refractivity contribution is -0.115. The van der Waals surface area contributed by atoms with E-state index >= 15 is 0 Å². The average Bonchev–Trinajstić information content (AvgIpc) is 2.72. The van der Waals surface area contributed by atoms with Crippen LogP contribution in [0.15, 0.2) is 53.5 Å². The number of rotatable bonds is 2. The summed E-state index contributed by atoms with van der Waals surface area (Å²) in [6.07, 6.45) is 1.66. The van der Waals surface area contributed by atoms with Crippen LogP contribution in [0.2, 0.25) is 5.02 Å². The number of anilines is 1. The van der Waals surface area contributed by atoms with Gasteiger partial charge in [0.2, 0.25) is 5.91 Å². The Morgan fingerprint density at radius 3 is 2.84 bits per heavy atom. The summed E-state index contributed by atoms with van der Waals surface area (Å²) in [5.74, 6) is -0.387. The number of benzene rings is 2. The molecule has 0 saturated heterocycles. The molecule has 3 nitrogen and oxygen atoms in total. The van der Waals surface area contributed by atoms with Crippen LogP contribution in [0, 0.1) is 0 Å². The van der Waals surface area contributed by atoms with E-state index in [0.29, 0.717) is 5.02 Å². The molecule has 1 unspecified atom stereocenters. The Hall–Kier alpha value is -2.13. The second-order valence-electron chi connectivity index (χ2n) is 4.31. The van der Waals surface area contributed by atoms with Gasteiger partial charge in [0.1, 0.15) is 5.92 Å². The van der Waals surface area contributed by atoms with Crippen molar-refractivity contribution in [3.8, 4) is 0 Å². The van der Waals surface area contributed by atoms with Gasteiger partial charge in [-0.05, 0) is 29.8 Å². The zero-order chi connectivity index (χ0) is 13.2. The van der Waals surface area contributed by atoms with Crippen molar-refractivity contribution in [3.05, 3.63) is 59.1 Å². The number of carbonyl (C=O) groups excluding carboxylic acids is 1. The highest BCUT2D eigenvalue weighted by molar-refractivity contribution is 6.30. The van der Waals surface area contributed by atoms with Crippen molar-refractivity contribution < 1.29 is 4.79 Å². The molecule has 1 N–H and O–H groups in total. The summed E-state index contributed by atoms with van der Waals surface area (Å²) in [6, 6.07) is 14.9. The number of carbonyl (C=O) groups is 1. The van der Waals surface area contributed by atoms with Crippen LogP contribution in [0.1, 0.15) is 11.5 Å². The molecule has 0 saturated carbocycles. The van der Waals surface area contributed by atoms with Crippen molar-refractivity contribution in [1.29, 1.82) is 0 Å². The van der Waals surface area contributed by atoms with Crippen molar-refractivity contribution in [3.63, 3.8) is 0 Å². The number of hydrogen-bond acceptors (Lipinski definition) is 2. The number of amides is 1. The highest BCUT2D eigenvalue weighted by atomic mass is 35.5. The highest BCUT2D eigenvalue weighted by Crippen LogP contribution is 2.31. The van der Waals surface area contributed by atoms with Gasteiger partial charge in [-0.1, -0.05) is 35.9 Å². The molecule has 1 aliphatic rings. The minimum atomic E-state index is -0.338. The minimum absolute atomic E-state index is 0.0491. The monoisotopic (exact) mass is 270 g/mol. The van der Waals surface area contributed by atoms with Crippen LogP contribution in [0.3, 0.4) is 0 Å². The molecule has 1 aliphatic heterocycles. The molecule has 1 amide bonds. The van der Waals surface area contributed by atoms with E-state index in [0.717, 1.165) is 16.9 Å². The van der Waals surface area contributed by atoms with Gasteiger partial charge in [-0.3, -0.25) is 9.79 Å². The molecular formula is C15H11ClN2O. The predicted molar refractivity (Wildman–Crippen MR) is 77.4 cm³/mol. The van der Waals surface area contributed by atoms with E-state index < -0.39 is 0 Å². The Morgan fingerprint density at radius 1 is 1.16 bits per heavy atom. The maximum absolute atomic E-state index is 11.9. The number of fused-ring (bicyclic) bond motifs is 1. The largest absolute Gasteiger partial charge is 0.325 e. The maximum Gasteiger partial charge on any atom is 0.237 e. The van der Waals surface area contributed by atoms with E-state index in [-0.39, 0.29) is 11.8 Å². The van der Waals surface area contributed by atoms with Crippen molar-refractivity contribution >= 4 is 35.1 Å². The van der Waals surface area contributed by atoms with Crippen LogP contribution in [-0.2, 0) is 4.79 Å². The van der Waals surface area contributed by atoms with Crippen LogP contribution in [0.25, 0.3) is 0 Å². The summed E-state index contributed by atoms with van der Waals surface area (Å²) < 4.78 is 0. The molecule has 2 aromatic carbocycles. The fourth-order valence-corrected chi connectivity index (χ4v) is 2.28. The summed E-state index contributed by atoms with van der Waals surface area (Å²) in [4.78, 5) is 16.2. The molecule has 0 bridgehead atoms. The van der Waals surface area contributed by atoms with Crippen molar-refractivity contribution in [1.82, 2.24) is 0 Å². The van der Waals surface area contributed by atoms with E-state index in [1.54, 1.807) is 18.3 Å². The Morgan fingerprint density at radius 2 is 2.00 bits per heavy atom. The number of nitrogens with zero attached hydrogens (tertiary/aromatic N) is 1. The number of halogens is 1. The molecule has 94 valence electrons. The van der Waals surface area contributed by atoms with E-state index in [2.05, 4.69) is 10.3 Å². The lowest BCUT2D eigenvalue weighted by Crippen LogP contribution is -2.12. The zero-order valence-electron chi connectivity index (χ0n) is 10.0. The van der Waals surface area contributed by atoms with Crippen molar-refractivity contribution in [2.45, 2.75) is 5.92 Å². The van der Waals surface area contributed by atoms with Crippen LogP contribution in [-0.4, -0.2) is 12.1 Å². The maximum atomic E-state index is 11.9. The lowest BCUT2D eigenvalue weighted by Gasteiger charge is -2.01. The highest BCUT2D eigenvalue weighted by Gasteiger charge is 2.28. The van der Waals surface area contributed by atoms with Crippen molar-refractivity contribution in [2.24, 2.45) is 4.99 Å². The number of aliphatic imine (C=N–C) groups is 1. The molecule has 0 aliphatic carbocycles. The summed E-state index contributed by atoms with van der Waals surface area (Å²) in [7, 11) is 0. The second-order valence-corrected chi connectivity index (χ2v) is 4.75.